The van der Waals surface area contributed by atoms with E-state index in [1.165, 1.54) is 10.4 Å². The minimum atomic E-state index is -0.845. The number of nitrogens with one attached hydrogen (secondary N) is 2. The van der Waals surface area contributed by atoms with Gasteiger partial charge in [-0.05, 0) is 59.5 Å². The van der Waals surface area contributed by atoms with Gasteiger partial charge in [-0.3, -0.25) is 19.6 Å². The highest BCUT2D eigenvalue weighted by atomic mass is 16.5. The van der Waals surface area contributed by atoms with Crippen molar-refractivity contribution >= 4 is 23.4 Å². The second-order valence-electron chi connectivity index (χ2n) is 8.95. The van der Waals surface area contributed by atoms with Crippen molar-refractivity contribution in [3.63, 3.8) is 0 Å². The first-order valence-electron chi connectivity index (χ1n) is 12.1. The molecule has 4 rings (SSSR count). The number of nitrogens with zero attached hydrogens (tertiary/aromatic N) is 1. The van der Waals surface area contributed by atoms with Crippen LogP contribution in [0.1, 0.15) is 16.7 Å². The molecule has 3 amide bonds. The number of methoxy groups -OCH3 is 1. The van der Waals surface area contributed by atoms with E-state index in [0.717, 1.165) is 16.7 Å². The number of ether oxygens (including phenoxy) is 2. The van der Waals surface area contributed by atoms with Crippen molar-refractivity contribution in [3.05, 3.63) is 89.5 Å². The third-order valence-electron chi connectivity index (χ3n) is 6.36. The Bertz CT molecular complexity index is 1280. The fourth-order valence-corrected chi connectivity index (χ4v) is 4.37. The summed E-state index contributed by atoms with van der Waals surface area (Å²) in [7, 11) is 1.56. The van der Waals surface area contributed by atoms with Crippen LogP contribution in [0.3, 0.4) is 0 Å². The van der Waals surface area contributed by atoms with Crippen LogP contribution < -0.4 is 26.0 Å². The van der Waals surface area contributed by atoms with Gasteiger partial charge in [-0.25, -0.2) is 5.48 Å². The molecule has 1 aliphatic heterocycles. The van der Waals surface area contributed by atoms with Crippen LogP contribution >= 0.6 is 0 Å². The maximum Gasteiger partial charge on any atom is 0.281 e. The summed E-state index contributed by atoms with van der Waals surface area (Å²) in [5.41, 5.74) is 11.0. The molecule has 5 N–H and O–H groups in total. The second-order valence-corrected chi connectivity index (χ2v) is 8.95. The van der Waals surface area contributed by atoms with E-state index in [-0.39, 0.29) is 31.4 Å². The quantitative estimate of drug-likeness (QED) is 0.251. The number of hydrogen-bond acceptors (Lipinski definition) is 7. The number of nitrogens with two attached hydrogens (primary N) is 1. The molecule has 3 aromatic carbocycles. The van der Waals surface area contributed by atoms with Gasteiger partial charge in [0.1, 0.15) is 17.5 Å². The number of fused-ring (bicyclic) bond motifs is 1. The Balaban J connectivity index is 1.57. The van der Waals surface area contributed by atoms with Crippen molar-refractivity contribution in [1.82, 2.24) is 10.4 Å². The zero-order valence-corrected chi connectivity index (χ0v) is 20.9. The van der Waals surface area contributed by atoms with Gasteiger partial charge in [0.25, 0.3) is 5.91 Å². The normalized spacial score (nSPS) is 15.1. The topological polar surface area (TPSA) is 143 Å². The fraction of sp³-hybridized carbons (Fsp3) is 0.250. The lowest BCUT2D eigenvalue weighted by atomic mass is 9.92. The molecule has 0 unspecified atom stereocenters. The third-order valence-corrected chi connectivity index (χ3v) is 6.36. The van der Waals surface area contributed by atoms with Gasteiger partial charge >= 0.3 is 0 Å². The number of amides is 3. The minimum Gasteiger partial charge on any atom is -0.497 e. The van der Waals surface area contributed by atoms with E-state index in [0.29, 0.717) is 23.6 Å². The van der Waals surface area contributed by atoms with Crippen LogP contribution in [0.5, 0.6) is 11.5 Å². The predicted molar refractivity (Wildman–Crippen MR) is 140 cm³/mol. The largest absolute Gasteiger partial charge is 0.497 e. The second kappa shape index (κ2) is 12.2. The van der Waals surface area contributed by atoms with E-state index in [4.69, 9.17) is 20.4 Å². The van der Waals surface area contributed by atoms with Gasteiger partial charge in [-0.2, -0.15) is 0 Å². The van der Waals surface area contributed by atoms with E-state index >= 15 is 0 Å². The monoisotopic (exact) mass is 518 g/mol. The van der Waals surface area contributed by atoms with Crippen molar-refractivity contribution in [2.45, 2.75) is 31.5 Å². The Kier molecular flexibility index (Phi) is 8.57. The van der Waals surface area contributed by atoms with Gasteiger partial charge < -0.3 is 25.4 Å². The van der Waals surface area contributed by atoms with Crippen molar-refractivity contribution in [2.24, 2.45) is 5.73 Å². The molecule has 0 saturated carbocycles. The average molecular weight is 519 g/mol. The zero-order chi connectivity index (χ0) is 27.1. The van der Waals surface area contributed by atoms with Gasteiger partial charge in [0.2, 0.25) is 11.8 Å². The Morgan fingerprint density at radius 1 is 1.03 bits per heavy atom. The summed E-state index contributed by atoms with van der Waals surface area (Å²) < 4.78 is 10.6. The molecule has 2 atom stereocenters. The smallest absolute Gasteiger partial charge is 0.281 e. The zero-order valence-electron chi connectivity index (χ0n) is 20.9. The third kappa shape index (κ3) is 6.47. The molecule has 0 radical (unpaired) electrons. The number of carbonyl (C=O) groups excluding carboxylic acids is 3. The summed E-state index contributed by atoms with van der Waals surface area (Å²) in [6, 6.07) is 20.0. The minimum absolute atomic E-state index is 0.140. The van der Waals surface area contributed by atoms with Crippen LogP contribution in [0.25, 0.3) is 0 Å². The van der Waals surface area contributed by atoms with E-state index in [1.54, 1.807) is 49.6 Å². The molecule has 10 nitrogen and oxygen atoms in total. The highest BCUT2D eigenvalue weighted by Gasteiger charge is 2.37. The number of hydroxylamine groups is 1. The Morgan fingerprint density at radius 2 is 1.74 bits per heavy atom. The highest BCUT2D eigenvalue weighted by molar-refractivity contribution is 5.98. The molecule has 0 bridgehead atoms. The first-order valence-corrected chi connectivity index (χ1v) is 12.1. The molecule has 1 heterocycles. The molecule has 0 spiro atoms. The number of benzene rings is 3. The lowest BCUT2D eigenvalue weighted by molar-refractivity contribution is -0.141. The van der Waals surface area contributed by atoms with Gasteiger partial charge in [0.15, 0.2) is 6.61 Å². The number of carbonyl (C=O) groups is 3. The molecule has 1 aliphatic rings. The molecule has 3 aromatic rings. The van der Waals surface area contributed by atoms with Crippen molar-refractivity contribution in [1.29, 1.82) is 0 Å². The van der Waals surface area contributed by atoms with Crippen LogP contribution in [0.4, 0.5) is 5.69 Å². The summed E-state index contributed by atoms with van der Waals surface area (Å²) in [6.07, 6.45) is 0.605. The van der Waals surface area contributed by atoms with Crippen LogP contribution in [0, 0.1) is 0 Å². The lowest BCUT2D eigenvalue weighted by Gasteiger charge is -2.37. The molecular weight excluding hydrogens is 488 g/mol. The van der Waals surface area contributed by atoms with Crippen LogP contribution in [-0.4, -0.2) is 53.6 Å². The standard InChI is InChI=1S/C28H30N4O6/c1-37-22-11-8-21(9-12-22)30-27(34)25-15-19-7-10-23(38-17-26(33)31-36)14-20(19)16-32(25)28(35)24(29)13-18-5-3-2-4-6-18/h2-12,14,24-25,36H,13,15-17,29H2,1H3,(H,30,34)(H,31,33)/t24-,25-/m0/s1. The van der Waals surface area contributed by atoms with Gasteiger partial charge in [0, 0.05) is 18.7 Å². The number of anilines is 1. The van der Waals surface area contributed by atoms with E-state index in [9.17, 15) is 14.4 Å². The molecular formula is C28H30N4O6. The van der Waals surface area contributed by atoms with E-state index < -0.39 is 18.0 Å². The predicted octanol–water partition coefficient (Wildman–Crippen LogP) is 2.04. The van der Waals surface area contributed by atoms with Crippen LogP contribution in [0.2, 0.25) is 0 Å². The summed E-state index contributed by atoms with van der Waals surface area (Å²) in [5, 5.41) is 11.6. The first kappa shape index (κ1) is 26.6. The summed E-state index contributed by atoms with van der Waals surface area (Å²) in [6.45, 7) is -0.229. The Labute approximate surface area is 220 Å². The molecule has 0 aromatic heterocycles. The average Bonchev–Trinajstić information content (AvgIpc) is 2.95. The van der Waals surface area contributed by atoms with Gasteiger partial charge in [-0.15, -0.1) is 0 Å². The Hall–Kier alpha value is -4.41. The summed E-state index contributed by atoms with van der Waals surface area (Å²) in [5.74, 6) is -0.315. The van der Waals surface area contributed by atoms with Gasteiger partial charge in [-0.1, -0.05) is 36.4 Å². The fourth-order valence-electron chi connectivity index (χ4n) is 4.37. The molecule has 0 fully saturated rings. The molecule has 198 valence electrons. The number of hydrogen-bond donors (Lipinski definition) is 4. The van der Waals surface area contributed by atoms with Gasteiger partial charge in [0.05, 0.1) is 13.2 Å². The van der Waals surface area contributed by atoms with Crippen molar-refractivity contribution in [2.75, 3.05) is 19.0 Å². The van der Waals surface area contributed by atoms with Crippen LogP contribution in [-0.2, 0) is 33.8 Å². The van der Waals surface area contributed by atoms with Crippen molar-refractivity contribution in [3.8, 4) is 11.5 Å². The van der Waals surface area contributed by atoms with E-state index in [2.05, 4.69) is 5.32 Å². The van der Waals surface area contributed by atoms with Crippen molar-refractivity contribution < 1.29 is 29.1 Å². The molecule has 0 aliphatic carbocycles. The SMILES string of the molecule is COc1ccc(NC(=O)[C@@H]2Cc3ccc(OCC(=O)NO)cc3CN2C(=O)[C@@H](N)Cc2ccccc2)cc1. The maximum absolute atomic E-state index is 13.6. The lowest BCUT2D eigenvalue weighted by Crippen LogP contribution is -2.55. The first-order chi connectivity index (χ1) is 18.4. The molecule has 38 heavy (non-hydrogen) atoms. The summed E-state index contributed by atoms with van der Waals surface area (Å²) in [4.78, 5) is 39.9. The highest BCUT2D eigenvalue weighted by Crippen LogP contribution is 2.29. The van der Waals surface area contributed by atoms with E-state index in [1.807, 2.05) is 30.3 Å². The number of rotatable bonds is 9. The maximum atomic E-state index is 13.6. The Morgan fingerprint density at radius 3 is 2.42 bits per heavy atom. The van der Waals surface area contributed by atoms with Crippen LogP contribution in [0.15, 0.2) is 72.8 Å². The molecule has 0 saturated heterocycles. The molecule has 10 heteroatoms. The summed E-state index contributed by atoms with van der Waals surface area (Å²) >= 11 is 0.